The number of rotatable bonds is 6. The molecule has 1 heterocycles. The molecule has 110 valence electrons. The quantitative estimate of drug-likeness (QED) is 0.678. The summed E-state index contributed by atoms with van der Waals surface area (Å²) < 4.78 is 5.32. The highest BCUT2D eigenvalue weighted by molar-refractivity contribution is 5.74. The number of urea groups is 1. The summed E-state index contributed by atoms with van der Waals surface area (Å²) in [5, 5.41) is 14.3. The Labute approximate surface area is 113 Å². The molecule has 3 unspecified atom stereocenters. The molecule has 1 rings (SSSR count). The molecule has 1 aliphatic heterocycles. The molecule has 0 bridgehead atoms. The predicted octanol–water partition coefficient (Wildman–Crippen LogP) is 1.21. The van der Waals surface area contributed by atoms with Gasteiger partial charge in [-0.2, -0.15) is 0 Å². The fourth-order valence-electron chi connectivity index (χ4n) is 2.05. The van der Waals surface area contributed by atoms with E-state index in [1.54, 1.807) is 0 Å². The van der Waals surface area contributed by atoms with Crippen LogP contribution in [0.2, 0.25) is 0 Å². The van der Waals surface area contributed by atoms with Gasteiger partial charge in [0.15, 0.2) is 0 Å². The highest BCUT2D eigenvalue weighted by Gasteiger charge is 2.23. The number of amides is 2. The van der Waals surface area contributed by atoms with Gasteiger partial charge in [-0.15, -0.1) is 0 Å². The Morgan fingerprint density at radius 1 is 1.47 bits per heavy atom. The molecule has 1 aliphatic rings. The maximum Gasteiger partial charge on any atom is 0.315 e. The molecule has 1 saturated heterocycles. The smallest absolute Gasteiger partial charge is 0.315 e. The molecule has 0 radical (unpaired) electrons. The minimum absolute atomic E-state index is 0.140. The zero-order valence-electron chi connectivity index (χ0n) is 11.6. The van der Waals surface area contributed by atoms with Gasteiger partial charge in [-0.25, -0.2) is 4.79 Å². The van der Waals surface area contributed by atoms with Gasteiger partial charge in [0, 0.05) is 25.6 Å². The number of hydrogen-bond acceptors (Lipinski definition) is 3. The van der Waals surface area contributed by atoms with E-state index in [-0.39, 0.29) is 24.4 Å². The molecule has 0 saturated carbocycles. The van der Waals surface area contributed by atoms with Gasteiger partial charge in [-0.1, -0.05) is 13.8 Å². The van der Waals surface area contributed by atoms with Crippen molar-refractivity contribution in [1.82, 2.24) is 10.6 Å². The van der Waals surface area contributed by atoms with Gasteiger partial charge in [-0.3, -0.25) is 4.79 Å². The van der Waals surface area contributed by atoms with Crippen LogP contribution in [0.1, 0.15) is 33.1 Å². The maximum atomic E-state index is 11.7. The molecular formula is C13H24N2O4. The second kappa shape index (κ2) is 7.99. The van der Waals surface area contributed by atoms with Crippen LogP contribution < -0.4 is 10.6 Å². The summed E-state index contributed by atoms with van der Waals surface area (Å²) in [5.74, 6) is -0.315. The van der Waals surface area contributed by atoms with Gasteiger partial charge in [0.05, 0.1) is 6.61 Å². The molecule has 19 heavy (non-hydrogen) atoms. The maximum absolute atomic E-state index is 11.7. The van der Waals surface area contributed by atoms with Gasteiger partial charge < -0.3 is 20.5 Å². The van der Waals surface area contributed by atoms with Crippen LogP contribution >= 0.6 is 0 Å². The number of aliphatic carboxylic acids is 1. The second-order valence-electron chi connectivity index (χ2n) is 5.34. The molecule has 1 fully saturated rings. The summed E-state index contributed by atoms with van der Waals surface area (Å²) in [7, 11) is 0. The van der Waals surface area contributed by atoms with Crippen LogP contribution in [0.15, 0.2) is 0 Å². The molecule has 0 aromatic heterocycles. The van der Waals surface area contributed by atoms with Gasteiger partial charge in [-0.05, 0) is 24.7 Å². The second-order valence-corrected chi connectivity index (χ2v) is 5.34. The summed E-state index contributed by atoms with van der Waals surface area (Å²) in [4.78, 5) is 22.1. The van der Waals surface area contributed by atoms with Crippen LogP contribution in [0.4, 0.5) is 4.79 Å². The van der Waals surface area contributed by atoms with E-state index >= 15 is 0 Å². The van der Waals surface area contributed by atoms with Crippen LogP contribution in [0.25, 0.3) is 0 Å². The lowest BCUT2D eigenvalue weighted by Crippen LogP contribution is -2.49. The molecule has 3 N–H and O–H groups in total. The Morgan fingerprint density at radius 2 is 2.21 bits per heavy atom. The molecule has 0 aromatic carbocycles. The zero-order valence-corrected chi connectivity index (χ0v) is 11.6. The number of carbonyl (C=O) groups excluding carboxylic acids is 1. The number of nitrogens with one attached hydrogen (secondary N) is 2. The average molecular weight is 272 g/mol. The number of carbonyl (C=O) groups is 2. The van der Waals surface area contributed by atoms with Crippen molar-refractivity contribution in [3.8, 4) is 0 Å². The van der Waals surface area contributed by atoms with E-state index in [9.17, 15) is 9.59 Å². The van der Waals surface area contributed by atoms with Crippen molar-refractivity contribution in [2.75, 3.05) is 19.8 Å². The molecule has 3 atom stereocenters. The van der Waals surface area contributed by atoms with Crippen molar-refractivity contribution in [3.05, 3.63) is 0 Å². The monoisotopic (exact) mass is 272 g/mol. The first kappa shape index (κ1) is 15.8. The molecule has 0 spiro atoms. The minimum atomic E-state index is -0.799. The number of carboxylic acid groups (broad SMARTS) is 1. The van der Waals surface area contributed by atoms with Crippen molar-refractivity contribution in [2.24, 2.45) is 11.8 Å². The highest BCUT2D eigenvalue weighted by Crippen LogP contribution is 2.13. The first-order chi connectivity index (χ1) is 8.99. The molecular weight excluding hydrogens is 248 g/mol. The summed E-state index contributed by atoms with van der Waals surface area (Å²) in [5.41, 5.74) is 0. The van der Waals surface area contributed by atoms with Crippen molar-refractivity contribution in [2.45, 2.75) is 39.2 Å². The van der Waals surface area contributed by atoms with Crippen LogP contribution in [0, 0.1) is 11.8 Å². The van der Waals surface area contributed by atoms with Crippen molar-refractivity contribution >= 4 is 12.0 Å². The fraction of sp³-hybridized carbons (Fsp3) is 0.846. The molecule has 2 amide bonds. The van der Waals surface area contributed by atoms with Crippen LogP contribution in [0.5, 0.6) is 0 Å². The summed E-state index contributed by atoms with van der Waals surface area (Å²) in [6, 6.07) is -0.0241. The number of carboxylic acids is 1. The standard InChI is InChI=1S/C13H24N2O4/c1-9(3-4-12(16)17)7-14-13(18)15-11-5-6-19-8-10(11)2/h9-11H,3-8H2,1-2H3,(H,16,17)(H2,14,15,18). The van der Waals surface area contributed by atoms with E-state index in [1.165, 1.54) is 0 Å². The predicted molar refractivity (Wildman–Crippen MR) is 71.0 cm³/mol. The Bertz CT molecular complexity index is 309. The first-order valence-corrected chi connectivity index (χ1v) is 6.83. The zero-order chi connectivity index (χ0) is 14.3. The van der Waals surface area contributed by atoms with E-state index < -0.39 is 5.97 Å². The van der Waals surface area contributed by atoms with Gasteiger partial charge in [0.1, 0.15) is 0 Å². The lowest BCUT2D eigenvalue weighted by molar-refractivity contribution is -0.137. The highest BCUT2D eigenvalue weighted by atomic mass is 16.5. The van der Waals surface area contributed by atoms with E-state index in [1.807, 2.05) is 6.92 Å². The minimum Gasteiger partial charge on any atom is -0.481 e. The largest absolute Gasteiger partial charge is 0.481 e. The van der Waals surface area contributed by atoms with Crippen molar-refractivity contribution in [3.63, 3.8) is 0 Å². The lowest BCUT2D eigenvalue weighted by Gasteiger charge is -2.29. The fourth-order valence-corrected chi connectivity index (χ4v) is 2.05. The summed E-state index contributed by atoms with van der Waals surface area (Å²) in [6.45, 7) is 5.85. The van der Waals surface area contributed by atoms with E-state index in [0.717, 1.165) is 6.42 Å². The normalized spacial score (nSPS) is 24.5. The van der Waals surface area contributed by atoms with Crippen LogP contribution in [-0.4, -0.2) is 42.9 Å². The van der Waals surface area contributed by atoms with E-state index in [2.05, 4.69) is 17.6 Å². The average Bonchev–Trinajstić information content (AvgIpc) is 2.36. The summed E-state index contributed by atoms with van der Waals surface area (Å²) >= 11 is 0. The molecule has 0 aliphatic carbocycles. The Morgan fingerprint density at radius 3 is 2.84 bits per heavy atom. The van der Waals surface area contributed by atoms with E-state index in [0.29, 0.717) is 32.1 Å². The third kappa shape index (κ3) is 6.42. The van der Waals surface area contributed by atoms with E-state index in [4.69, 9.17) is 9.84 Å². The van der Waals surface area contributed by atoms with Crippen LogP contribution in [-0.2, 0) is 9.53 Å². The molecule has 6 heteroatoms. The van der Waals surface area contributed by atoms with Crippen molar-refractivity contribution in [1.29, 1.82) is 0 Å². The molecule has 0 aromatic rings. The Hall–Kier alpha value is -1.30. The first-order valence-electron chi connectivity index (χ1n) is 6.83. The Balaban J connectivity index is 2.18. The SMILES string of the molecule is CC(CCC(=O)O)CNC(=O)NC1CCOCC1C. The molecule has 6 nitrogen and oxygen atoms in total. The van der Waals surface area contributed by atoms with Crippen molar-refractivity contribution < 1.29 is 19.4 Å². The topological polar surface area (TPSA) is 87.7 Å². The van der Waals surface area contributed by atoms with Gasteiger partial charge >= 0.3 is 12.0 Å². The van der Waals surface area contributed by atoms with Crippen LogP contribution in [0.3, 0.4) is 0 Å². The number of ether oxygens (including phenoxy) is 1. The third-order valence-electron chi connectivity index (χ3n) is 3.42. The van der Waals surface area contributed by atoms with Gasteiger partial charge in [0.25, 0.3) is 0 Å². The third-order valence-corrected chi connectivity index (χ3v) is 3.42. The Kier molecular flexibility index (Phi) is 6.62. The number of hydrogen-bond donors (Lipinski definition) is 3. The summed E-state index contributed by atoms with van der Waals surface area (Å²) in [6.07, 6.45) is 1.55. The lowest BCUT2D eigenvalue weighted by atomic mass is 9.98. The van der Waals surface area contributed by atoms with Gasteiger partial charge in [0.2, 0.25) is 0 Å².